The molecular weight excluding hydrogens is 352 g/mol. The minimum Gasteiger partial charge on any atom is -0.348 e. The molecule has 2 aliphatic rings. The van der Waals surface area contributed by atoms with Crippen LogP contribution in [0.4, 0.5) is 0 Å². The molecular formula is C19H20N2O4S. The molecule has 7 heteroatoms. The maximum Gasteiger partial charge on any atom is 0.253 e. The van der Waals surface area contributed by atoms with Crippen molar-refractivity contribution in [3.8, 4) is 11.1 Å². The number of sulfone groups is 1. The number of benzene rings is 1. The second-order valence-electron chi connectivity index (χ2n) is 6.91. The number of carbonyl (C=O) groups is 1. The van der Waals surface area contributed by atoms with E-state index in [2.05, 4.69) is 5.32 Å². The Kier molecular flexibility index (Phi) is 4.19. The van der Waals surface area contributed by atoms with Gasteiger partial charge in [0.1, 0.15) is 0 Å². The van der Waals surface area contributed by atoms with E-state index in [4.69, 9.17) is 0 Å². The first-order chi connectivity index (χ1) is 12.4. The summed E-state index contributed by atoms with van der Waals surface area (Å²) >= 11 is 0. The molecule has 1 aromatic carbocycles. The van der Waals surface area contributed by atoms with Gasteiger partial charge in [-0.25, -0.2) is 8.42 Å². The predicted molar refractivity (Wildman–Crippen MR) is 99.0 cm³/mol. The molecule has 1 atom stereocenters. The normalized spacial score (nSPS) is 20.7. The highest BCUT2D eigenvalue weighted by atomic mass is 32.2. The third kappa shape index (κ3) is 3.07. The van der Waals surface area contributed by atoms with Crippen molar-refractivity contribution in [1.29, 1.82) is 0 Å². The van der Waals surface area contributed by atoms with Gasteiger partial charge in [-0.3, -0.25) is 9.59 Å². The zero-order valence-corrected chi connectivity index (χ0v) is 15.1. The largest absolute Gasteiger partial charge is 0.348 e. The van der Waals surface area contributed by atoms with E-state index in [-0.39, 0.29) is 29.0 Å². The van der Waals surface area contributed by atoms with Crippen molar-refractivity contribution in [2.75, 3.05) is 11.5 Å². The average molecular weight is 372 g/mol. The molecule has 0 radical (unpaired) electrons. The number of nitrogens with one attached hydrogen (secondary N) is 1. The summed E-state index contributed by atoms with van der Waals surface area (Å²) in [5.74, 6) is -0.207. The van der Waals surface area contributed by atoms with Gasteiger partial charge >= 0.3 is 0 Å². The van der Waals surface area contributed by atoms with Crippen molar-refractivity contribution in [2.24, 2.45) is 0 Å². The number of pyridine rings is 1. The molecule has 6 nitrogen and oxygen atoms in total. The first-order valence-electron chi connectivity index (χ1n) is 8.78. The lowest BCUT2D eigenvalue weighted by Gasteiger charge is -2.17. The molecule has 1 saturated heterocycles. The molecule has 26 heavy (non-hydrogen) atoms. The zero-order valence-electron chi connectivity index (χ0n) is 14.3. The molecule has 0 spiro atoms. The summed E-state index contributed by atoms with van der Waals surface area (Å²) in [4.78, 5) is 25.5. The van der Waals surface area contributed by atoms with Gasteiger partial charge in [0.05, 0.1) is 17.1 Å². The first kappa shape index (κ1) is 17.0. The highest BCUT2D eigenvalue weighted by molar-refractivity contribution is 7.91. The second kappa shape index (κ2) is 6.39. The smallest absolute Gasteiger partial charge is 0.253 e. The van der Waals surface area contributed by atoms with Gasteiger partial charge in [-0.2, -0.15) is 0 Å². The van der Waals surface area contributed by atoms with E-state index in [9.17, 15) is 18.0 Å². The molecule has 0 bridgehead atoms. The van der Waals surface area contributed by atoms with Crippen LogP contribution in [0.5, 0.6) is 0 Å². The van der Waals surface area contributed by atoms with Crippen molar-refractivity contribution in [2.45, 2.75) is 31.8 Å². The van der Waals surface area contributed by atoms with Crippen LogP contribution in [0.1, 0.15) is 28.9 Å². The number of amides is 1. The zero-order chi connectivity index (χ0) is 18.3. The first-order valence-corrected chi connectivity index (χ1v) is 10.6. The molecule has 1 unspecified atom stereocenters. The summed E-state index contributed by atoms with van der Waals surface area (Å²) in [5, 5.41) is 2.88. The highest BCUT2D eigenvalue weighted by Crippen LogP contribution is 2.28. The van der Waals surface area contributed by atoms with Gasteiger partial charge < -0.3 is 9.88 Å². The van der Waals surface area contributed by atoms with Crippen molar-refractivity contribution >= 4 is 15.7 Å². The number of fused-ring (bicyclic) bond motifs is 1. The molecule has 1 amide bonds. The Bertz CT molecular complexity index is 1030. The highest BCUT2D eigenvalue weighted by Gasteiger charge is 2.31. The summed E-state index contributed by atoms with van der Waals surface area (Å²) in [6, 6.07) is 10.5. The van der Waals surface area contributed by atoms with E-state index >= 15 is 0 Å². The van der Waals surface area contributed by atoms with Gasteiger partial charge in [0.15, 0.2) is 9.84 Å². The molecule has 2 aliphatic heterocycles. The fourth-order valence-corrected chi connectivity index (χ4v) is 5.55. The SMILES string of the molecule is O=C(NC1CCS(=O)(=O)C1)c1c(-c2ccccc2)cc(=O)n2c1CCC2. The lowest BCUT2D eigenvalue weighted by atomic mass is 9.97. The molecule has 136 valence electrons. The topological polar surface area (TPSA) is 85.2 Å². The van der Waals surface area contributed by atoms with E-state index in [1.165, 1.54) is 6.07 Å². The summed E-state index contributed by atoms with van der Waals surface area (Å²) in [6.07, 6.45) is 1.93. The van der Waals surface area contributed by atoms with Gasteiger partial charge in [-0.1, -0.05) is 30.3 Å². The Morgan fingerprint density at radius 3 is 2.65 bits per heavy atom. The van der Waals surface area contributed by atoms with E-state index in [0.29, 0.717) is 30.5 Å². The summed E-state index contributed by atoms with van der Waals surface area (Å²) in [6.45, 7) is 0.612. The second-order valence-corrected chi connectivity index (χ2v) is 9.14. The maximum atomic E-state index is 13.1. The summed E-state index contributed by atoms with van der Waals surface area (Å²) < 4.78 is 25.0. The van der Waals surface area contributed by atoms with Crippen LogP contribution in [-0.2, 0) is 22.8 Å². The third-order valence-corrected chi connectivity index (χ3v) is 6.86. The average Bonchev–Trinajstić information content (AvgIpc) is 3.22. The van der Waals surface area contributed by atoms with Gasteiger partial charge in [0.2, 0.25) is 0 Å². The molecule has 4 rings (SSSR count). The van der Waals surface area contributed by atoms with E-state index < -0.39 is 9.84 Å². The number of carbonyl (C=O) groups excluding carboxylic acids is 1. The van der Waals surface area contributed by atoms with Crippen LogP contribution in [0.15, 0.2) is 41.2 Å². The summed E-state index contributed by atoms with van der Waals surface area (Å²) in [7, 11) is -3.07. The molecule has 1 aromatic heterocycles. The van der Waals surface area contributed by atoms with Crippen LogP contribution in [-0.4, -0.2) is 36.4 Å². The quantitative estimate of drug-likeness (QED) is 0.882. The Balaban J connectivity index is 1.78. The summed E-state index contributed by atoms with van der Waals surface area (Å²) in [5.41, 5.74) is 2.56. The third-order valence-electron chi connectivity index (χ3n) is 5.09. The van der Waals surface area contributed by atoms with E-state index in [1.54, 1.807) is 4.57 Å². The van der Waals surface area contributed by atoms with Crippen molar-refractivity contribution in [3.05, 3.63) is 58.0 Å². The Labute approximate surface area is 151 Å². The number of hydrogen-bond acceptors (Lipinski definition) is 4. The predicted octanol–water partition coefficient (Wildman–Crippen LogP) is 1.38. The van der Waals surface area contributed by atoms with Crippen molar-refractivity contribution < 1.29 is 13.2 Å². The lowest BCUT2D eigenvalue weighted by Crippen LogP contribution is -2.37. The molecule has 1 N–H and O–H groups in total. The van der Waals surface area contributed by atoms with Gasteiger partial charge in [-0.05, 0) is 24.8 Å². The van der Waals surface area contributed by atoms with Crippen molar-refractivity contribution in [1.82, 2.24) is 9.88 Å². The fourth-order valence-electron chi connectivity index (χ4n) is 3.87. The van der Waals surface area contributed by atoms with Gasteiger partial charge in [-0.15, -0.1) is 0 Å². The fraction of sp³-hybridized carbons (Fsp3) is 0.368. The monoisotopic (exact) mass is 372 g/mol. The van der Waals surface area contributed by atoms with Gasteiger partial charge in [0.25, 0.3) is 11.5 Å². The van der Waals surface area contributed by atoms with Crippen molar-refractivity contribution in [3.63, 3.8) is 0 Å². The molecule has 3 heterocycles. The maximum absolute atomic E-state index is 13.1. The number of aromatic nitrogens is 1. The number of hydrogen-bond donors (Lipinski definition) is 1. The Morgan fingerprint density at radius 1 is 1.19 bits per heavy atom. The molecule has 1 fully saturated rings. The van der Waals surface area contributed by atoms with Crippen LogP contribution in [0.3, 0.4) is 0 Å². The van der Waals surface area contributed by atoms with E-state index in [1.807, 2.05) is 30.3 Å². The Hall–Kier alpha value is -2.41. The lowest BCUT2D eigenvalue weighted by molar-refractivity contribution is 0.0940. The molecule has 2 aromatic rings. The standard InChI is InChI=1S/C19H20N2O4S/c22-17-11-15(13-5-2-1-3-6-13)18(16-7-4-9-21(16)17)19(23)20-14-8-10-26(24,25)12-14/h1-3,5-6,11,14H,4,7-10,12H2,(H,20,23). The molecule has 0 aliphatic carbocycles. The van der Waals surface area contributed by atoms with Crippen LogP contribution >= 0.6 is 0 Å². The van der Waals surface area contributed by atoms with E-state index in [0.717, 1.165) is 17.7 Å². The van der Waals surface area contributed by atoms with Crippen LogP contribution in [0.2, 0.25) is 0 Å². The van der Waals surface area contributed by atoms with Crippen LogP contribution in [0.25, 0.3) is 11.1 Å². The molecule has 0 saturated carbocycles. The Morgan fingerprint density at radius 2 is 1.96 bits per heavy atom. The minimum absolute atomic E-state index is 0.0195. The van der Waals surface area contributed by atoms with Crippen LogP contribution < -0.4 is 10.9 Å². The van der Waals surface area contributed by atoms with Gasteiger partial charge in [0, 0.05) is 29.9 Å². The number of rotatable bonds is 3. The minimum atomic E-state index is -3.07. The van der Waals surface area contributed by atoms with Crippen LogP contribution in [0, 0.1) is 0 Å². The number of nitrogens with zero attached hydrogens (tertiary/aromatic N) is 1.